The summed E-state index contributed by atoms with van der Waals surface area (Å²) >= 11 is 3.31. The number of ether oxygens (including phenoxy) is 1. The second-order valence-corrected chi connectivity index (χ2v) is 4.08. The number of anilines is 1. The lowest BCUT2D eigenvalue weighted by Gasteiger charge is -2.09. The lowest BCUT2D eigenvalue weighted by atomic mass is 10.4. The third-order valence-electron chi connectivity index (χ3n) is 1.70. The Morgan fingerprint density at radius 1 is 1.40 bits per heavy atom. The van der Waals surface area contributed by atoms with E-state index in [-0.39, 0.29) is 12.1 Å². The normalized spacial score (nSPS) is 11.2. The highest BCUT2D eigenvalue weighted by Crippen LogP contribution is 2.28. The Balaban J connectivity index is 2.63. The molecule has 0 radical (unpaired) electrons. The minimum atomic E-state index is 0.0179. The molecule has 0 aliphatic heterocycles. The minimum Gasteiger partial charge on any atom is -0.474 e. The number of rotatable bonds is 2. The number of nitrogens with one attached hydrogen (secondary N) is 1. The number of nitrogen functional groups attached to an aromatic ring is 1. The standard InChI is InChI=1S/C8H10BrN5O/c1-3(2)15-7-4-5(9)13-14-6(4)11-8(10)12-7/h3H,1-2H3,(H3,10,11,12,13,14). The van der Waals surface area contributed by atoms with E-state index in [2.05, 4.69) is 36.1 Å². The molecule has 2 heterocycles. The predicted octanol–water partition coefficient (Wildman–Crippen LogP) is 1.48. The van der Waals surface area contributed by atoms with Gasteiger partial charge in [0.2, 0.25) is 11.8 Å². The largest absolute Gasteiger partial charge is 0.474 e. The van der Waals surface area contributed by atoms with Crippen molar-refractivity contribution in [3.05, 3.63) is 4.60 Å². The number of fused-ring (bicyclic) bond motifs is 1. The molecule has 15 heavy (non-hydrogen) atoms. The van der Waals surface area contributed by atoms with Crippen LogP contribution in [-0.4, -0.2) is 26.3 Å². The van der Waals surface area contributed by atoms with E-state index in [0.717, 1.165) is 0 Å². The first-order valence-corrected chi connectivity index (χ1v) is 5.21. The maximum absolute atomic E-state index is 5.54. The molecule has 0 fully saturated rings. The summed E-state index contributed by atoms with van der Waals surface area (Å²) in [4.78, 5) is 8.01. The van der Waals surface area contributed by atoms with Crippen LogP contribution in [0.25, 0.3) is 11.0 Å². The second-order valence-electron chi connectivity index (χ2n) is 3.29. The van der Waals surface area contributed by atoms with Gasteiger partial charge < -0.3 is 10.5 Å². The smallest absolute Gasteiger partial charge is 0.231 e. The van der Waals surface area contributed by atoms with Gasteiger partial charge >= 0.3 is 0 Å². The number of hydrogen-bond donors (Lipinski definition) is 2. The molecule has 0 spiro atoms. The average molecular weight is 272 g/mol. The minimum absolute atomic E-state index is 0.0179. The highest BCUT2D eigenvalue weighted by atomic mass is 79.9. The summed E-state index contributed by atoms with van der Waals surface area (Å²) in [5, 5.41) is 7.42. The van der Waals surface area contributed by atoms with E-state index in [9.17, 15) is 0 Å². The first kappa shape index (κ1) is 10.2. The van der Waals surface area contributed by atoms with Crippen molar-refractivity contribution in [3.8, 4) is 5.88 Å². The molecule has 0 unspecified atom stereocenters. The number of nitrogens with two attached hydrogens (primary N) is 1. The number of hydrogen-bond acceptors (Lipinski definition) is 5. The van der Waals surface area contributed by atoms with Gasteiger partial charge in [0, 0.05) is 0 Å². The molecule has 0 saturated carbocycles. The monoisotopic (exact) mass is 271 g/mol. The first-order valence-electron chi connectivity index (χ1n) is 4.41. The maximum Gasteiger partial charge on any atom is 0.231 e. The van der Waals surface area contributed by atoms with E-state index in [1.54, 1.807) is 0 Å². The molecule has 80 valence electrons. The van der Waals surface area contributed by atoms with Gasteiger partial charge in [-0.15, -0.1) is 0 Å². The Labute approximate surface area is 94.4 Å². The highest BCUT2D eigenvalue weighted by Gasteiger charge is 2.14. The van der Waals surface area contributed by atoms with Crippen LogP contribution in [0, 0.1) is 0 Å². The molecular weight excluding hydrogens is 262 g/mol. The summed E-state index contributed by atoms with van der Waals surface area (Å²) < 4.78 is 6.21. The van der Waals surface area contributed by atoms with Crippen LogP contribution in [0.3, 0.4) is 0 Å². The molecule has 0 bridgehead atoms. The second kappa shape index (κ2) is 3.65. The molecule has 0 amide bonds. The first-order chi connectivity index (χ1) is 7.08. The predicted molar refractivity (Wildman–Crippen MR) is 59.6 cm³/mol. The Hall–Kier alpha value is -1.37. The number of nitrogens with zero attached hydrogens (tertiary/aromatic N) is 3. The van der Waals surface area contributed by atoms with Crippen LogP contribution in [0.5, 0.6) is 5.88 Å². The molecule has 6 nitrogen and oxygen atoms in total. The van der Waals surface area contributed by atoms with Crippen LogP contribution in [-0.2, 0) is 0 Å². The van der Waals surface area contributed by atoms with Crippen LogP contribution in [0.4, 0.5) is 5.95 Å². The summed E-state index contributed by atoms with van der Waals surface area (Å²) in [5.41, 5.74) is 6.03. The lowest BCUT2D eigenvalue weighted by Crippen LogP contribution is -2.08. The van der Waals surface area contributed by atoms with Gasteiger partial charge in [-0.25, -0.2) is 0 Å². The molecule has 2 rings (SSSR count). The van der Waals surface area contributed by atoms with Crippen molar-refractivity contribution in [2.45, 2.75) is 20.0 Å². The van der Waals surface area contributed by atoms with Crippen LogP contribution in [0.15, 0.2) is 4.60 Å². The molecule has 0 atom stereocenters. The molecule has 3 N–H and O–H groups in total. The number of halogens is 1. The van der Waals surface area contributed by atoms with E-state index in [1.807, 2.05) is 13.8 Å². The van der Waals surface area contributed by atoms with Crippen molar-refractivity contribution >= 4 is 32.9 Å². The molecule has 2 aromatic heterocycles. The quantitative estimate of drug-likeness (QED) is 0.864. The number of H-pyrrole nitrogens is 1. The van der Waals surface area contributed by atoms with Gasteiger partial charge in [0.25, 0.3) is 0 Å². The Morgan fingerprint density at radius 3 is 2.80 bits per heavy atom. The van der Waals surface area contributed by atoms with Gasteiger partial charge in [0.1, 0.15) is 9.99 Å². The van der Waals surface area contributed by atoms with E-state index in [4.69, 9.17) is 10.5 Å². The Morgan fingerprint density at radius 2 is 2.13 bits per heavy atom. The summed E-state index contributed by atoms with van der Waals surface area (Å²) in [6.45, 7) is 3.83. The fraction of sp³-hybridized carbons (Fsp3) is 0.375. The molecule has 0 aromatic carbocycles. The fourth-order valence-corrected chi connectivity index (χ4v) is 1.62. The van der Waals surface area contributed by atoms with Crippen LogP contribution < -0.4 is 10.5 Å². The molecule has 0 aliphatic rings. The van der Waals surface area contributed by atoms with Gasteiger partial charge in [-0.1, -0.05) is 0 Å². The number of aromatic amines is 1. The van der Waals surface area contributed by atoms with Crippen molar-refractivity contribution < 1.29 is 4.74 Å². The summed E-state index contributed by atoms with van der Waals surface area (Å²) in [6, 6.07) is 0. The zero-order chi connectivity index (χ0) is 11.0. The van der Waals surface area contributed by atoms with Gasteiger partial charge in [-0.05, 0) is 29.8 Å². The van der Waals surface area contributed by atoms with E-state index >= 15 is 0 Å². The third-order valence-corrected chi connectivity index (χ3v) is 2.27. The van der Waals surface area contributed by atoms with E-state index < -0.39 is 0 Å². The topological polar surface area (TPSA) is 89.7 Å². The highest BCUT2D eigenvalue weighted by molar-refractivity contribution is 9.10. The Kier molecular flexibility index (Phi) is 2.47. The van der Waals surface area contributed by atoms with Crippen LogP contribution in [0.2, 0.25) is 0 Å². The molecule has 2 aromatic rings. The van der Waals surface area contributed by atoms with E-state index in [1.165, 1.54) is 0 Å². The van der Waals surface area contributed by atoms with Gasteiger partial charge in [-0.2, -0.15) is 15.1 Å². The van der Waals surface area contributed by atoms with Gasteiger partial charge in [0.15, 0.2) is 5.65 Å². The summed E-state index contributed by atoms with van der Waals surface area (Å²) in [5.74, 6) is 0.588. The van der Waals surface area contributed by atoms with Crippen molar-refractivity contribution in [1.29, 1.82) is 0 Å². The van der Waals surface area contributed by atoms with Gasteiger partial charge in [0.05, 0.1) is 6.10 Å². The van der Waals surface area contributed by atoms with Crippen molar-refractivity contribution in [2.24, 2.45) is 0 Å². The number of aromatic nitrogens is 4. The lowest BCUT2D eigenvalue weighted by molar-refractivity contribution is 0.236. The van der Waals surface area contributed by atoms with E-state index in [0.29, 0.717) is 21.5 Å². The maximum atomic E-state index is 5.54. The zero-order valence-electron chi connectivity index (χ0n) is 8.28. The van der Waals surface area contributed by atoms with Crippen molar-refractivity contribution in [1.82, 2.24) is 20.2 Å². The Bertz CT molecular complexity index is 495. The average Bonchev–Trinajstić information content (AvgIpc) is 2.46. The van der Waals surface area contributed by atoms with Crippen LogP contribution in [0.1, 0.15) is 13.8 Å². The SMILES string of the molecule is CC(C)Oc1nc(N)nc2n[nH]c(Br)c12. The molecule has 7 heteroatoms. The zero-order valence-corrected chi connectivity index (χ0v) is 9.87. The molecule has 0 aliphatic carbocycles. The van der Waals surface area contributed by atoms with Crippen molar-refractivity contribution in [3.63, 3.8) is 0 Å². The fourth-order valence-electron chi connectivity index (χ4n) is 1.18. The molecule has 0 saturated heterocycles. The van der Waals surface area contributed by atoms with Crippen molar-refractivity contribution in [2.75, 3.05) is 5.73 Å². The summed E-state index contributed by atoms with van der Waals surface area (Å²) in [7, 11) is 0. The van der Waals surface area contributed by atoms with Crippen LogP contribution >= 0.6 is 15.9 Å². The summed E-state index contributed by atoms with van der Waals surface area (Å²) in [6.07, 6.45) is 0.0179. The third kappa shape index (κ3) is 1.87. The van der Waals surface area contributed by atoms with Gasteiger partial charge in [-0.3, -0.25) is 5.10 Å². The molecular formula is C8H10BrN5O.